The number of hydrogen-bond acceptors (Lipinski definition) is 7. The number of rotatable bonds is 20. The predicted molar refractivity (Wildman–Crippen MR) is 253 cm³/mol. The van der Waals surface area contributed by atoms with Crippen LogP contribution in [0.4, 0.5) is 14.4 Å². The number of carbonyl (C=O) groups is 3. The van der Waals surface area contributed by atoms with Crippen LogP contribution in [0, 0.1) is 52.3 Å². The third-order valence-corrected chi connectivity index (χ3v) is 15.9. The summed E-state index contributed by atoms with van der Waals surface area (Å²) in [6, 6.07) is -0.171. The molecule has 11 atom stereocenters. The molecule has 3 fully saturated rings. The number of fused-ring (bicyclic) bond motifs is 5. The zero-order valence-electron chi connectivity index (χ0n) is 42.2. The predicted octanol–water partition coefficient (Wildman–Crippen LogP) is 12.4. The molecule has 0 bridgehead atoms. The average Bonchev–Trinajstić information content (AvgIpc) is 3.51. The third kappa shape index (κ3) is 14.8. The highest BCUT2D eigenvalue weighted by Crippen LogP contribution is 2.67. The molecule has 0 aliphatic heterocycles. The van der Waals surface area contributed by atoms with Crippen LogP contribution in [0.1, 0.15) is 193 Å². The van der Waals surface area contributed by atoms with E-state index < -0.39 is 23.4 Å². The van der Waals surface area contributed by atoms with E-state index >= 15 is 0 Å². The van der Waals surface area contributed by atoms with E-state index in [2.05, 4.69) is 63.6 Å². The van der Waals surface area contributed by atoms with Crippen LogP contribution in [-0.4, -0.2) is 78.7 Å². The normalized spacial score (nSPS) is 29.2. The Hall–Kier alpha value is -2.49. The van der Waals surface area contributed by atoms with E-state index in [4.69, 9.17) is 14.2 Å². The number of unbranched alkanes of at least 4 members (excludes halogenated alkanes) is 1. The minimum atomic E-state index is -0.577. The SMILES string of the molecule is CC[C@H](CC[C@@H](C)[C@H]1CC[C@H]2[C@@H]3CC=C4C[C@@H](OC(=O)N(CCCCNCCC(C)NC(=O)OC(C)(C)C)CCC(C)NC(=O)OC(C)(C)C)CC[C@]4(C)[C@H]3CC[C@]12C)C(C)C. The molecule has 0 radical (unpaired) electrons. The van der Waals surface area contributed by atoms with Crippen LogP contribution in [0.25, 0.3) is 0 Å². The van der Waals surface area contributed by atoms with Crippen LogP contribution in [0.5, 0.6) is 0 Å². The molecule has 4 aliphatic carbocycles. The van der Waals surface area contributed by atoms with Crippen LogP contribution >= 0.6 is 0 Å². The molecule has 4 rings (SSSR count). The van der Waals surface area contributed by atoms with Gasteiger partial charge >= 0.3 is 18.3 Å². The number of alkyl carbamates (subject to hydrolysis) is 2. The second kappa shape index (κ2) is 22.6. The Labute approximate surface area is 379 Å². The van der Waals surface area contributed by atoms with Crippen LogP contribution in [-0.2, 0) is 14.2 Å². The third-order valence-electron chi connectivity index (χ3n) is 15.9. The van der Waals surface area contributed by atoms with Crippen molar-refractivity contribution in [3.63, 3.8) is 0 Å². The van der Waals surface area contributed by atoms with Gasteiger partial charge in [0.25, 0.3) is 0 Å². The summed E-state index contributed by atoms with van der Waals surface area (Å²) in [5.74, 6) is 5.62. The van der Waals surface area contributed by atoms with E-state index in [-0.39, 0.29) is 29.7 Å². The molecule has 2 unspecified atom stereocenters. The van der Waals surface area contributed by atoms with Crippen LogP contribution in [0.15, 0.2) is 11.6 Å². The molecule has 10 nitrogen and oxygen atoms in total. The second-order valence-electron chi connectivity index (χ2n) is 23.3. The van der Waals surface area contributed by atoms with Crippen molar-refractivity contribution in [1.82, 2.24) is 20.9 Å². The number of amides is 3. The van der Waals surface area contributed by atoms with Crippen molar-refractivity contribution < 1.29 is 28.6 Å². The van der Waals surface area contributed by atoms with Crippen molar-refractivity contribution in [2.24, 2.45) is 52.3 Å². The highest BCUT2D eigenvalue weighted by molar-refractivity contribution is 5.69. The van der Waals surface area contributed by atoms with E-state index in [1.807, 2.05) is 60.3 Å². The molecule has 3 saturated carbocycles. The average molecular weight is 871 g/mol. The largest absolute Gasteiger partial charge is 0.446 e. The van der Waals surface area contributed by atoms with Gasteiger partial charge in [0.2, 0.25) is 0 Å². The molecule has 0 spiro atoms. The fraction of sp³-hybridized carbons (Fsp3) is 0.904. The molecule has 3 amide bonds. The second-order valence-corrected chi connectivity index (χ2v) is 23.3. The van der Waals surface area contributed by atoms with Crippen LogP contribution in [0.3, 0.4) is 0 Å². The highest BCUT2D eigenvalue weighted by Gasteiger charge is 2.59. The van der Waals surface area contributed by atoms with Gasteiger partial charge in [-0.15, -0.1) is 0 Å². The molecular formula is C52H94N4O6. The van der Waals surface area contributed by atoms with Crippen LogP contribution in [0.2, 0.25) is 0 Å². The van der Waals surface area contributed by atoms with Gasteiger partial charge in [0, 0.05) is 31.6 Å². The zero-order valence-corrected chi connectivity index (χ0v) is 42.2. The van der Waals surface area contributed by atoms with E-state index in [1.54, 1.807) is 0 Å². The quantitative estimate of drug-likeness (QED) is 0.0633. The summed E-state index contributed by atoms with van der Waals surface area (Å²) >= 11 is 0. The van der Waals surface area contributed by atoms with Crippen LogP contribution < -0.4 is 16.0 Å². The summed E-state index contributed by atoms with van der Waals surface area (Å²) in [4.78, 5) is 40.5. The Bertz CT molecular complexity index is 1470. The van der Waals surface area contributed by atoms with Crippen molar-refractivity contribution in [2.75, 3.05) is 26.2 Å². The van der Waals surface area contributed by atoms with Gasteiger partial charge in [-0.2, -0.15) is 0 Å². The first-order valence-electron chi connectivity index (χ1n) is 25.3. The van der Waals surface area contributed by atoms with Crippen molar-refractivity contribution in [3.8, 4) is 0 Å². The summed E-state index contributed by atoms with van der Waals surface area (Å²) in [5, 5.41) is 9.33. The molecule has 62 heavy (non-hydrogen) atoms. The first-order valence-corrected chi connectivity index (χ1v) is 25.3. The molecule has 0 aromatic carbocycles. The summed E-state index contributed by atoms with van der Waals surface area (Å²) < 4.78 is 17.3. The number of ether oxygens (including phenoxy) is 3. The number of nitrogens with zero attached hydrogens (tertiary/aromatic N) is 1. The maximum atomic E-state index is 14.0. The summed E-state index contributed by atoms with van der Waals surface area (Å²) in [6.45, 7) is 32.8. The van der Waals surface area contributed by atoms with Crippen molar-refractivity contribution >= 4 is 18.3 Å². The molecule has 0 saturated heterocycles. The maximum absolute atomic E-state index is 14.0. The lowest BCUT2D eigenvalue weighted by molar-refractivity contribution is -0.0596. The first-order chi connectivity index (χ1) is 29.0. The Morgan fingerprint density at radius 1 is 0.774 bits per heavy atom. The lowest BCUT2D eigenvalue weighted by atomic mass is 9.47. The Kier molecular flexibility index (Phi) is 19.0. The topological polar surface area (TPSA) is 118 Å². The number of nitrogens with one attached hydrogen (secondary N) is 3. The van der Waals surface area contributed by atoms with Gasteiger partial charge in [0.15, 0.2) is 0 Å². The van der Waals surface area contributed by atoms with Crippen molar-refractivity contribution in [2.45, 2.75) is 223 Å². The minimum Gasteiger partial charge on any atom is -0.446 e. The van der Waals surface area contributed by atoms with Crippen molar-refractivity contribution in [1.29, 1.82) is 0 Å². The molecule has 0 aromatic heterocycles. The van der Waals surface area contributed by atoms with E-state index in [0.29, 0.717) is 24.9 Å². The highest BCUT2D eigenvalue weighted by atomic mass is 16.6. The Morgan fingerprint density at radius 3 is 2.03 bits per heavy atom. The molecule has 4 aliphatic rings. The lowest BCUT2D eigenvalue weighted by Gasteiger charge is -2.58. The molecule has 358 valence electrons. The van der Waals surface area contributed by atoms with Gasteiger partial charge < -0.3 is 35.1 Å². The fourth-order valence-electron chi connectivity index (χ4n) is 12.4. The Balaban J connectivity index is 1.31. The number of hydrogen-bond donors (Lipinski definition) is 3. The van der Waals surface area contributed by atoms with E-state index in [0.717, 1.165) is 93.0 Å². The van der Waals surface area contributed by atoms with Gasteiger partial charge in [-0.25, -0.2) is 14.4 Å². The Morgan fingerprint density at radius 2 is 1.42 bits per heavy atom. The fourth-order valence-corrected chi connectivity index (χ4v) is 12.4. The number of allylic oxidation sites excluding steroid dienone is 1. The van der Waals surface area contributed by atoms with Crippen molar-refractivity contribution in [3.05, 3.63) is 11.6 Å². The van der Waals surface area contributed by atoms with E-state index in [9.17, 15) is 14.4 Å². The monoisotopic (exact) mass is 871 g/mol. The molecule has 0 aromatic rings. The summed E-state index contributed by atoms with van der Waals surface area (Å²) in [7, 11) is 0. The summed E-state index contributed by atoms with van der Waals surface area (Å²) in [5.41, 5.74) is 1.10. The van der Waals surface area contributed by atoms with Gasteiger partial charge in [-0.3, -0.25) is 0 Å². The number of carbonyl (C=O) groups excluding carboxylic acids is 3. The van der Waals surface area contributed by atoms with Gasteiger partial charge in [-0.05, 0) is 198 Å². The maximum Gasteiger partial charge on any atom is 0.410 e. The minimum absolute atomic E-state index is 0.00659. The molecule has 3 N–H and O–H groups in total. The molecule has 10 heteroatoms. The zero-order chi connectivity index (χ0) is 46.0. The summed E-state index contributed by atoms with van der Waals surface area (Å²) in [6.07, 6.45) is 18.1. The standard InChI is InChI=1S/C52H94N4O6/c1-15-39(35(2)3)19-18-36(4)43-22-23-44-42-21-20-40-34-41(24-28-51(40,13)45(42)25-29-52(43,44)14)60-48(59)56(33-27-38(6)55-47(58)62-50(10,11)12)32-17-16-30-53-31-26-37(5)54-46(57)61-49(7,8)9/h20,35-39,41-45,53H,15-19,21-34H2,1-14H3,(H,54,57)(H,55,58)/t36-,37?,38?,39-,41+,42+,43-,44+,45+,51+,52-/m1/s1. The first kappa shape index (κ1) is 52.1. The van der Waals surface area contributed by atoms with E-state index in [1.165, 1.54) is 56.9 Å². The lowest BCUT2D eigenvalue weighted by Crippen LogP contribution is -2.51. The van der Waals surface area contributed by atoms with Gasteiger partial charge in [0.05, 0.1) is 0 Å². The molecule has 0 heterocycles. The van der Waals surface area contributed by atoms with Gasteiger partial charge in [-0.1, -0.05) is 66.0 Å². The van der Waals surface area contributed by atoms with Gasteiger partial charge in [0.1, 0.15) is 17.3 Å². The molecular weight excluding hydrogens is 777 g/mol. The smallest absolute Gasteiger partial charge is 0.410 e.